The molecule has 0 radical (unpaired) electrons. The number of nitrogens with two attached hydrogens (primary N) is 1. The molecule has 0 aliphatic carbocycles. The van der Waals surface area contributed by atoms with Crippen LogP contribution >= 0.6 is 11.6 Å². The van der Waals surface area contributed by atoms with E-state index in [9.17, 15) is 0 Å². The van der Waals surface area contributed by atoms with Gasteiger partial charge in [0, 0.05) is 5.03 Å². The van der Waals surface area contributed by atoms with E-state index in [1.165, 1.54) is 6.20 Å². The Labute approximate surface area is 60.5 Å². The maximum atomic E-state index is 5.51. The van der Waals surface area contributed by atoms with Gasteiger partial charge in [-0.25, -0.2) is 0 Å². The van der Waals surface area contributed by atoms with Crippen molar-refractivity contribution in [3.63, 3.8) is 0 Å². The highest BCUT2D eigenvalue weighted by Crippen LogP contribution is 1.96. The lowest BCUT2D eigenvalue weighted by molar-refractivity contribution is 1.60. The second-order valence-corrected chi connectivity index (χ2v) is 2.12. The van der Waals surface area contributed by atoms with E-state index in [4.69, 9.17) is 17.3 Å². The van der Waals surface area contributed by atoms with Crippen molar-refractivity contribution >= 4 is 11.6 Å². The molecule has 0 aromatic carbocycles. The molecule has 0 spiro atoms. The van der Waals surface area contributed by atoms with Crippen LogP contribution in [0.1, 0.15) is 6.92 Å². The number of hydrogen-bond donors (Lipinski definition) is 1. The molecule has 0 aliphatic rings. The van der Waals surface area contributed by atoms with Gasteiger partial charge in [0.05, 0.1) is 0 Å². The Morgan fingerprint density at radius 1 is 1.33 bits per heavy atom. The molecular formula is C7H10ClN. The van der Waals surface area contributed by atoms with Crippen molar-refractivity contribution in [2.75, 3.05) is 0 Å². The monoisotopic (exact) mass is 143 g/mol. The molecule has 0 unspecified atom stereocenters. The Kier molecular flexibility index (Phi) is 5.03. The third-order valence-corrected chi connectivity index (χ3v) is 0.785. The van der Waals surface area contributed by atoms with Crippen molar-refractivity contribution in [2.24, 2.45) is 5.73 Å². The minimum absolute atomic E-state index is 0.761. The standard InChI is InChI=1S/C7H10ClN/c1-7(8)5-3-2-4-6-9/h2-6H,9H2,1H3/b3-2+,6-4+,7-5-. The van der Waals surface area contributed by atoms with Crippen LogP contribution in [0.25, 0.3) is 0 Å². The van der Waals surface area contributed by atoms with E-state index in [-0.39, 0.29) is 0 Å². The van der Waals surface area contributed by atoms with E-state index in [0.29, 0.717) is 0 Å². The third-order valence-electron chi connectivity index (χ3n) is 0.659. The van der Waals surface area contributed by atoms with Crippen molar-refractivity contribution in [2.45, 2.75) is 6.92 Å². The first-order valence-electron chi connectivity index (χ1n) is 2.64. The van der Waals surface area contributed by atoms with Gasteiger partial charge in [-0.3, -0.25) is 0 Å². The summed E-state index contributed by atoms with van der Waals surface area (Å²) in [7, 11) is 0. The van der Waals surface area contributed by atoms with Gasteiger partial charge >= 0.3 is 0 Å². The normalized spacial score (nSPS) is 13.8. The van der Waals surface area contributed by atoms with Crippen LogP contribution in [-0.4, -0.2) is 0 Å². The van der Waals surface area contributed by atoms with Crippen LogP contribution in [0.15, 0.2) is 35.5 Å². The van der Waals surface area contributed by atoms with Gasteiger partial charge in [-0.05, 0) is 25.3 Å². The molecule has 0 rings (SSSR count). The molecule has 2 N–H and O–H groups in total. The van der Waals surface area contributed by atoms with Crippen LogP contribution in [0.3, 0.4) is 0 Å². The topological polar surface area (TPSA) is 26.0 Å². The van der Waals surface area contributed by atoms with Crippen molar-refractivity contribution in [3.8, 4) is 0 Å². The number of rotatable bonds is 2. The first-order chi connectivity index (χ1) is 4.27. The van der Waals surface area contributed by atoms with Crippen LogP contribution in [0.4, 0.5) is 0 Å². The molecule has 0 fully saturated rings. The largest absolute Gasteiger partial charge is 0.405 e. The lowest BCUT2D eigenvalue weighted by atomic mass is 10.4. The Bertz CT molecular complexity index is 141. The first-order valence-corrected chi connectivity index (χ1v) is 3.02. The van der Waals surface area contributed by atoms with Crippen molar-refractivity contribution in [1.82, 2.24) is 0 Å². The second-order valence-electron chi connectivity index (χ2n) is 1.52. The van der Waals surface area contributed by atoms with E-state index in [1.807, 2.05) is 19.1 Å². The fourth-order valence-corrected chi connectivity index (χ4v) is 0.389. The summed E-state index contributed by atoms with van der Waals surface area (Å²) in [5, 5.41) is 0.761. The molecule has 50 valence electrons. The summed E-state index contributed by atoms with van der Waals surface area (Å²) in [6.07, 6.45) is 8.63. The molecule has 0 aromatic heterocycles. The fourth-order valence-electron chi connectivity index (χ4n) is 0.316. The third kappa shape index (κ3) is 7.31. The molecular weight excluding hydrogens is 134 g/mol. The summed E-state index contributed by atoms with van der Waals surface area (Å²) in [4.78, 5) is 0. The molecule has 0 saturated heterocycles. The van der Waals surface area contributed by atoms with E-state index >= 15 is 0 Å². The highest BCUT2D eigenvalue weighted by Gasteiger charge is 1.69. The lowest BCUT2D eigenvalue weighted by Gasteiger charge is -1.76. The number of allylic oxidation sites excluding steroid dienone is 5. The smallest absolute Gasteiger partial charge is 0.0150 e. The maximum Gasteiger partial charge on any atom is 0.0150 e. The van der Waals surface area contributed by atoms with Gasteiger partial charge in [-0.15, -0.1) is 0 Å². The molecule has 1 nitrogen and oxygen atoms in total. The van der Waals surface area contributed by atoms with Crippen LogP contribution in [0.2, 0.25) is 0 Å². The molecule has 0 atom stereocenters. The molecule has 0 aliphatic heterocycles. The Morgan fingerprint density at radius 3 is 2.44 bits per heavy atom. The summed E-state index contributed by atoms with van der Waals surface area (Å²) in [6, 6.07) is 0. The van der Waals surface area contributed by atoms with Gasteiger partial charge in [0.15, 0.2) is 0 Å². The minimum atomic E-state index is 0.761. The summed E-state index contributed by atoms with van der Waals surface area (Å²) in [5.74, 6) is 0. The summed E-state index contributed by atoms with van der Waals surface area (Å²) >= 11 is 5.51. The molecule has 0 bridgehead atoms. The Balaban J connectivity index is 3.60. The number of hydrogen-bond acceptors (Lipinski definition) is 1. The van der Waals surface area contributed by atoms with E-state index in [2.05, 4.69) is 0 Å². The van der Waals surface area contributed by atoms with Gasteiger partial charge in [0.2, 0.25) is 0 Å². The zero-order valence-electron chi connectivity index (χ0n) is 5.34. The quantitative estimate of drug-likeness (QED) is 0.589. The average Bonchev–Trinajstić information content (AvgIpc) is 1.80. The summed E-state index contributed by atoms with van der Waals surface area (Å²) < 4.78 is 0. The molecule has 0 aromatic rings. The zero-order chi connectivity index (χ0) is 7.11. The van der Waals surface area contributed by atoms with Gasteiger partial charge in [0.25, 0.3) is 0 Å². The highest BCUT2D eigenvalue weighted by molar-refractivity contribution is 6.29. The van der Waals surface area contributed by atoms with E-state index < -0.39 is 0 Å². The molecule has 0 saturated carbocycles. The van der Waals surface area contributed by atoms with Crippen molar-refractivity contribution < 1.29 is 0 Å². The van der Waals surface area contributed by atoms with Gasteiger partial charge in [0.1, 0.15) is 0 Å². The minimum Gasteiger partial charge on any atom is -0.405 e. The fraction of sp³-hybridized carbons (Fsp3) is 0.143. The Morgan fingerprint density at radius 2 is 2.00 bits per heavy atom. The van der Waals surface area contributed by atoms with Gasteiger partial charge in [-0.2, -0.15) is 0 Å². The van der Waals surface area contributed by atoms with Crippen LogP contribution in [0.5, 0.6) is 0 Å². The van der Waals surface area contributed by atoms with Gasteiger partial charge < -0.3 is 5.73 Å². The first kappa shape index (κ1) is 8.31. The molecule has 0 heterocycles. The lowest BCUT2D eigenvalue weighted by Crippen LogP contribution is -1.71. The molecule has 0 amide bonds. The SMILES string of the molecule is C/C(Cl)=C/C=C/C=C/N. The predicted octanol–water partition coefficient (Wildman–Crippen LogP) is 2.16. The van der Waals surface area contributed by atoms with Crippen LogP contribution in [0, 0.1) is 0 Å². The van der Waals surface area contributed by atoms with Gasteiger partial charge in [-0.1, -0.05) is 23.8 Å². The van der Waals surface area contributed by atoms with E-state index in [1.54, 1.807) is 12.2 Å². The molecule has 9 heavy (non-hydrogen) atoms. The van der Waals surface area contributed by atoms with Crippen molar-refractivity contribution in [1.29, 1.82) is 0 Å². The highest BCUT2D eigenvalue weighted by atomic mass is 35.5. The summed E-state index contributed by atoms with van der Waals surface area (Å²) in [5.41, 5.74) is 5.06. The second kappa shape index (κ2) is 5.45. The van der Waals surface area contributed by atoms with Crippen molar-refractivity contribution in [3.05, 3.63) is 35.5 Å². The Hall–Kier alpha value is -0.690. The average molecular weight is 144 g/mol. The zero-order valence-corrected chi connectivity index (χ0v) is 6.10. The summed E-state index contributed by atoms with van der Waals surface area (Å²) in [6.45, 7) is 1.82. The predicted molar refractivity (Wildman–Crippen MR) is 42.1 cm³/mol. The van der Waals surface area contributed by atoms with Crippen LogP contribution < -0.4 is 5.73 Å². The molecule has 2 heteroatoms. The van der Waals surface area contributed by atoms with Crippen LogP contribution in [-0.2, 0) is 0 Å². The van der Waals surface area contributed by atoms with E-state index in [0.717, 1.165) is 5.03 Å². The maximum absolute atomic E-state index is 5.51. The number of halogens is 1.